The largest absolute Gasteiger partial charge is 0.383 e. The van der Waals surface area contributed by atoms with Crippen molar-refractivity contribution in [3.63, 3.8) is 0 Å². The fourth-order valence-corrected chi connectivity index (χ4v) is 3.24. The first kappa shape index (κ1) is 25.8. The minimum Gasteiger partial charge on any atom is -0.383 e. The van der Waals surface area contributed by atoms with Crippen molar-refractivity contribution in [2.45, 2.75) is 32.1 Å². The van der Waals surface area contributed by atoms with Gasteiger partial charge in [0.1, 0.15) is 0 Å². The van der Waals surface area contributed by atoms with Crippen molar-refractivity contribution in [1.82, 2.24) is 9.80 Å². The molecule has 1 aliphatic heterocycles. The molecule has 28 heavy (non-hydrogen) atoms. The SMILES string of the molecule is COCCN1CCCOCCCOCCCN(CCOC)CCCOCCC1. The van der Waals surface area contributed by atoms with Crippen LogP contribution >= 0.6 is 0 Å². The molecule has 1 fully saturated rings. The van der Waals surface area contributed by atoms with E-state index in [1.165, 1.54) is 0 Å². The lowest BCUT2D eigenvalue weighted by Crippen LogP contribution is -2.31. The Morgan fingerprint density at radius 3 is 1.18 bits per heavy atom. The number of hydrogen-bond acceptors (Lipinski definition) is 7. The standard InChI is InChI=1S/C21H44N2O5/c1-24-20-12-22-8-3-14-26-15-4-9-23(13-21-25-2)11-6-17-28-19-7-18-27-16-5-10-22/h3-21H2,1-2H3. The minimum atomic E-state index is 0.774. The molecule has 0 unspecified atom stereocenters. The molecular weight excluding hydrogens is 360 g/mol. The minimum absolute atomic E-state index is 0.774. The van der Waals surface area contributed by atoms with Gasteiger partial charge in [0, 0.05) is 93.1 Å². The molecule has 0 spiro atoms. The molecule has 1 heterocycles. The Labute approximate surface area is 172 Å². The van der Waals surface area contributed by atoms with Crippen LogP contribution in [0.4, 0.5) is 0 Å². The third-order valence-electron chi connectivity index (χ3n) is 4.85. The molecule has 0 amide bonds. The van der Waals surface area contributed by atoms with Crippen molar-refractivity contribution < 1.29 is 23.7 Å². The van der Waals surface area contributed by atoms with E-state index >= 15 is 0 Å². The highest BCUT2D eigenvalue weighted by molar-refractivity contribution is 4.60. The predicted octanol–water partition coefficient (Wildman–Crippen LogP) is 1.90. The van der Waals surface area contributed by atoms with Crippen LogP contribution in [0.2, 0.25) is 0 Å². The summed E-state index contributed by atoms with van der Waals surface area (Å²) >= 11 is 0. The second-order valence-corrected chi connectivity index (χ2v) is 7.27. The summed E-state index contributed by atoms with van der Waals surface area (Å²) in [5.41, 5.74) is 0. The molecule has 1 rings (SSSR count). The summed E-state index contributed by atoms with van der Waals surface area (Å²) in [5.74, 6) is 0. The monoisotopic (exact) mass is 404 g/mol. The average molecular weight is 405 g/mol. The Hall–Kier alpha value is -0.280. The van der Waals surface area contributed by atoms with Gasteiger partial charge < -0.3 is 33.5 Å². The van der Waals surface area contributed by atoms with Crippen LogP contribution < -0.4 is 0 Å². The Balaban J connectivity index is 2.34. The highest BCUT2D eigenvalue weighted by Crippen LogP contribution is 2.00. The van der Waals surface area contributed by atoms with E-state index in [9.17, 15) is 0 Å². The lowest BCUT2D eigenvalue weighted by Gasteiger charge is -2.23. The fourth-order valence-electron chi connectivity index (χ4n) is 3.24. The van der Waals surface area contributed by atoms with Crippen molar-refractivity contribution >= 4 is 0 Å². The zero-order valence-electron chi connectivity index (χ0n) is 18.4. The van der Waals surface area contributed by atoms with Gasteiger partial charge in [-0.3, -0.25) is 0 Å². The summed E-state index contributed by atoms with van der Waals surface area (Å²) in [6, 6.07) is 0. The van der Waals surface area contributed by atoms with Crippen LogP contribution in [0.15, 0.2) is 0 Å². The third kappa shape index (κ3) is 15.6. The van der Waals surface area contributed by atoms with E-state index in [1.54, 1.807) is 14.2 Å². The van der Waals surface area contributed by atoms with Gasteiger partial charge in [-0.25, -0.2) is 0 Å². The quantitative estimate of drug-likeness (QED) is 0.670. The fraction of sp³-hybridized carbons (Fsp3) is 1.00. The number of nitrogens with zero attached hydrogens (tertiary/aromatic N) is 2. The van der Waals surface area contributed by atoms with Crippen molar-refractivity contribution in [2.75, 3.05) is 106 Å². The van der Waals surface area contributed by atoms with Gasteiger partial charge in [-0.15, -0.1) is 0 Å². The Kier molecular flexibility index (Phi) is 18.4. The van der Waals surface area contributed by atoms with E-state index in [0.717, 1.165) is 124 Å². The second kappa shape index (κ2) is 20.0. The molecule has 0 aromatic heterocycles. The first-order valence-electron chi connectivity index (χ1n) is 11.0. The number of methoxy groups -OCH3 is 2. The maximum atomic E-state index is 5.86. The molecule has 0 atom stereocenters. The van der Waals surface area contributed by atoms with Crippen LogP contribution in [0.1, 0.15) is 32.1 Å². The zero-order valence-corrected chi connectivity index (χ0v) is 18.4. The molecule has 0 bridgehead atoms. The maximum absolute atomic E-state index is 5.86. The first-order valence-corrected chi connectivity index (χ1v) is 11.0. The van der Waals surface area contributed by atoms with Gasteiger partial charge >= 0.3 is 0 Å². The van der Waals surface area contributed by atoms with Gasteiger partial charge in [0.2, 0.25) is 0 Å². The molecule has 0 aliphatic carbocycles. The first-order chi connectivity index (χ1) is 13.9. The van der Waals surface area contributed by atoms with Gasteiger partial charge in [0.05, 0.1) is 13.2 Å². The van der Waals surface area contributed by atoms with Crippen LogP contribution in [-0.2, 0) is 23.7 Å². The molecule has 0 N–H and O–H groups in total. The lowest BCUT2D eigenvalue weighted by atomic mass is 10.3. The summed E-state index contributed by atoms with van der Waals surface area (Å²) in [6.07, 6.45) is 5.22. The maximum Gasteiger partial charge on any atom is 0.0589 e. The highest BCUT2D eigenvalue weighted by Gasteiger charge is 2.07. The normalized spacial score (nSPS) is 22.1. The summed E-state index contributed by atoms with van der Waals surface area (Å²) in [5, 5.41) is 0. The molecule has 7 nitrogen and oxygen atoms in total. The number of rotatable bonds is 6. The van der Waals surface area contributed by atoms with E-state index < -0.39 is 0 Å². The summed E-state index contributed by atoms with van der Waals surface area (Å²) in [7, 11) is 3.52. The summed E-state index contributed by atoms with van der Waals surface area (Å²) in [4.78, 5) is 4.90. The topological polar surface area (TPSA) is 52.6 Å². The van der Waals surface area contributed by atoms with Crippen molar-refractivity contribution in [3.05, 3.63) is 0 Å². The molecule has 0 radical (unpaired) electrons. The predicted molar refractivity (Wildman–Crippen MR) is 112 cm³/mol. The van der Waals surface area contributed by atoms with Crippen LogP contribution in [0.5, 0.6) is 0 Å². The number of ether oxygens (including phenoxy) is 5. The van der Waals surface area contributed by atoms with Crippen LogP contribution in [0, 0.1) is 0 Å². The van der Waals surface area contributed by atoms with Crippen LogP contribution in [0.25, 0.3) is 0 Å². The van der Waals surface area contributed by atoms with E-state index in [2.05, 4.69) is 9.80 Å². The van der Waals surface area contributed by atoms with Gasteiger partial charge in [0.25, 0.3) is 0 Å². The molecule has 0 aromatic rings. The van der Waals surface area contributed by atoms with Crippen molar-refractivity contribution in [1.29, 1.82) is 0 Å². The second-order valence-electron chi connectivity index (χ2n) is 7.27. The van der Waals surface area contributed by atoms with Gasteiger partial charge in [0.15, 0.2) is 0 Å². The number of hydrogen-bond donors (Lipinski definition) is 0. The Bertz CT molecular complexity index is 295. The summed E-state index contributed by atoms with van der Waals surface area (Å²) < 4.78 is 27.8. The van der Waals surface area contributed by atoms with Crippen molar-refractivity contribution in [3.8, 4) is 0 Å². The smallest absolute Gasteiger partial charge is 0.0589 e. The van der Waals surface area contributed by atoms with Crippen LogP contribution in [-0.4, -0.2) is 116 Å². The van der Waals surface area contributed by atoms with Gasteiger partial charge in [-0.05, 0) is 32.1 Å². The molecule has 0 saturated carbocycles. The molecule has 168 valence electrons. The molecule has 1 saturated heterocycles. The Morgan fingerprint density at radius 1 is 0.536 bits per heavy atom. The van der Waals surface area contributed by atoms with Gasteiger partial charge in [-0.2, -0.15) is 0 Å². The molecule has 0 aromatic carbocycles. The van der Waals surface area contributed by atoms with Gasteiger partial charge in [-0.1, -0.05) is 0 Å². The van der Waals surface area contributed by atoms with Crippen LogP contribution in [0.3, 0.4) is 0 Å². The zero-order chi connectivity index (χ0) is 20.1. The summed E-state index contributed by atoms with van der Waals surface area (Å²) in [6.45, 7) is 12.5. The Morgan fingerprint density at radius 2 is 0.857 bits per heavy atom. The third-order valence-corrected chi connectivity index (χ3v) is 4.85. The average Bonchev–Trinajstić information content (AvgIpc) is 2.71. The molecular formula is C21H44N2O5. The lowest BCUT2D eigenvalue weighted by molar-refractivity contribution is 0.0647. The highest BCUT2D eigenvalue weighted by atomic mass is 16.5. The van der Waals surface area contributed by atoms with Crippen molar-refractivity contribution in [2.24, 2.45) is 0 Å². The van der Waals surface area contributed by atoms with E-state index in [-0.39, 0.29) is 0 Å². The molecule has 7 heteroatoms. The molecule has 1 aliphatic rings. The van der Waals surface area contributed by atoms with E-state index in [0.29, 0.717) is 0 Å². The van der Waals surface area contributed by atoms with E-state index in [1.807, 2.05) is 0 Å². The van der Waals surface area contributed by atoms with E-state index in [4.69, 9.17) is 23.7 Å².